The van der Waals surface area contributed by atoms with Crippen molar-refractivity contribution in [1.82, 2.24) is 4.98 Å². The van der Waals surface area contributed by atoms with Crippen molar-refractivity contribution in [2.45, 2.75) is 26.9 Å². The third-order valence-electron chi connectivity index (χ3n) is 4.56. The van der Waals surface area contributed by atoms with Crippen LogP contribution in [0.5, 0.6) is 5.75 Å². The first-order chi connectivity index (χ1) is 12.6. The van der Waals surface area contributed by atoms with Crippen molar-refractivity contribution in [2.75, 3.05) is 0 Å². The molecule has 2 nitrogen and oxygen atoms in total. The van der Waals surface area contributed by atoms with Crippen molar-refractivity contribution < 1.29 is 7.59 Å². The highest BCUT2D eigenvalue weighted by atomic mass is 16.5. The van der Waals surface area contributed by atoms with Crippen LogP contribution in [0.1, 0.15) is 22.3 Å². The van der Waals surface area contributed by atoms with Gasteiger partial charge in [-0.1, -0.05) is 54.1 Å². The molecule has 1 N–H and O–H groups in total. The lowest BCUT2D eigenvalue weighted by Gasteiger charge is -2.13. The second-order valence-corrected chi connectivity index (χ2v) is 7.01. The molecule has 3 aromatic carbocycles. The zero-order valence-electron chi connectivity index (χ0n) is 15.4. The van der Waals surface area contributed by atoms with Gasteiger partial charge in [-0.3, -0.25) is 0 Å². The Morgan fingerprint density at radius 2 is 1.50 bits per heavy atom. The first-order valence-electron chi connectivity index (χ1n) is 9.06. The number of ether oxygens (including phenoxy) is 1. The smallest absolute Gasteiger partial charge is 0.127 e. The molecule has 0 fully saturated rings. The van der Waals surface area contributed by atoms with E-state index in [0.29, 0.717) is 0 Å². The normalized spacial score (nSPS) is 11.2. The van der Waals surface area contributed by atoms with Crippen molar-refractivity contribution >= 4 is 10.8 Å². The maximum absolute atomic E-state index is 5.99. The Labute approximate surface area is 157 Å². The second kappa shape index (κ2) is 6.72. The lowest BCUT2D eigenvalue weighted by molar-refractivity contribution is 0.245. The molecule has 0 aliphatic heterocycles. The molecule has 2 heteroatoms. The third kappa shape index (κ3) is 3.23. The van der Waals surface area contributed by atoms with Crippen LogP contribution in [0.15, 0.2) is 72.8 Å². The van der Waals surface area contributed by atoms with Crippen LogP contribution in [-0.2, 0) is 0 Å². The van der Waals surface area contributed by atoms with Gasteiger partial charge in [0.25, 0.3) is 0 Å². The molecule has 4 aromatic rings. The van der Waals surface area contributed by atoms with Gasteiger partial charge in [-0.15, -0.1) is 0 Å². The standard InChI is InChI=1S/C24H23NO.2H2/c1-16(2)26-24-6-4-5-18-11-12-20(15-21(18)24)23-14-13-22(25-23)19-9-7-17(3)8-10-19;;/h4-16,25H,1-3H3;2*1H. The molecule has 0 amide bonds. The summed E-state index contributed by atoms with van der Waals surface area (Å²) in [4.78, 5) is 3.55. The molecule has 0 saturated carbocycles. The molecule has 0 saturated heterocycles. The van der Waals surface area contributed by atoms with Gasteiger partial charge in [-0.25, -0.2) is 0 Å². The first-order valence-corrected chi connectivity index (χ1v) is 9.06. The Morgan fingerprint density at radius 3 is 2.23 bits per heavy atom. The van der Waals surface area contributed by atoms with Crippen LogP contribution in [0, 0.1) is 6.92 Å². The average molecular weight is 345 g/mol. The Kier molecular flexibility index (Phi) is 4.26. The highest BCUT2D eigenvalue weighted by Crippen LogP contribution is 2.32. The maximum Gasteiger partial charge on any atom is 0.127 e. The fourth-order valence-corrected chi connectivity index (χ4v) is 3.23. The van der Waals surface area contributed by atoms with Crippen molar-refractivity contribution in [3.63, 3.8) is 0 Å². The molecule has 1 aromatic heterocycles. The molecule has 0 spiro atoms. The van der Waals surface area contributed by atoms with E-state index in [9.17, 15) is 0 Å². The quantitative estimate of drug-likeness (QED) is 0.419. The summed E-state index contributed by atoms with van der Waals surface area (Å²) in [5.41, 5.74) is 5.88. The lowest BCUT2D eigenvalue weighted by atomic mass is 10.0. The zero-order valence-corrected chi connectivity index (χ0v) is 15.4. The SMILES string of the molecule is Cc1ccc(-c2ccc(-c3ccc4cccc(OC(C)C)c4c3)[nH]2)cc1.[HH].[HH]. The van der Waals surface area contributed by atoms with Gasteiger partial charge in [0.15, 0.2) is 0 Å². The Bertz CT molecular complexity index is 1050. The van der Waals surface area contributed by atoms with Gasteiger partial charge in [-0.2, -0.15) is 0 Å². The van der Waals surface area contributed by atoms with Crippen LogP contribution in [0.3, 0.4) is 0 Å². The largest absolute Gasteiger partial charge is 0.490 e. The molecular weight excluding hydrogens is 318 g/mol. The number of aromatic amines is 1. The van der Waals surface area contributed by atoms with Crippen molar-refractivity contribution in [3.05, 3.63) is 78.4 Å². The van der Waals surface area contributed by atoms with Gasteiger partial charge in [0.1, 0.15) is 5.75 Å². The highest BCUT2D eigenvalue weighted by molar-refractivity contribution is 5.92. The van der Waals surface area contributed by atoms with E-state index in [2.05, 4.69) is 86.4 Å². The molecular formula is C24H27NO. The molecule has 0 unspecified atom stereocenters. The number of hydrogen-bond donors (Lipinski definition) is 1. The van der Waals surface area contributed by atoms with Crippen LogP contribution >= 0.6 is 0 Å². The number of nitrogens with one attached hydrogen (secondary N) is 1. The second-order valence-electron chi connectivity index (χ2n) is 7.01. The third-order valence-corrected chi connectivity index (χ3v) is 4.56. The Morgan fingerprint density at radius 1 is 0.808 bits per heavy atom. The molecule has 0 bridgehead atoms. The Balaban J connectivity index is 0.00000140. The number of H-pyrrole nitrogens is 1. The highest BCUT2D eigenvalue weighted by Gasteiger charge is 2.08. The van der Waals surface area contributed by atoms with Crippen molar-refractivity contribution in [3.8, 4) is 28.3 Å². The first kappa shape index (κ1) is 16.5. The predicted molar refractivity (Wildman–Crippen MR) is 114 cm³/mol. The predicted octanol–water partition coefficient (Wildman–Crippen LogP) is 7.09. The summed E-state index contributed by atoms with van der Waals surface area (Å²) in [5.74, 6) is 0.935. The summed E-state index contributed by atoms with van der Waals surface area (Å²) in [6, 6.07) is 25.6. The fourth-order valence-electron chi connectivity index (χ4n) is 3.23. The zero-order chi connectivity index (χ0) is 18.1. The van der Waals surface area contributed by atoms with E-state index in [-0.39, 0.29) is 8.96 Å². The molecule has 0 atom stereocenters. The van der Waals surface area contributed by atoms with Crippen molar-refractivity contribution in [2.24, 2.45) is 0 Å². The monoisotopic (exact) mass is 345 g/mol. The summed E-state index contributed by atoms with van der Waals surface area (Å²) in [5, 5.41) is 2.34. The topological polar surface area (TPSA) is 25.0 Å². The summed E-state index contributed by atoms with van der Waals surface area (Å²) >= 11 is 0. The van der Waals surface area contributed by atoms with E-state index in [1.807, 2.05) is 12.1 Å². The minimum atomic E-state index is 0. The van der Waals surface area contributed by atoms with E-state index in [4.69, 9.17) is 4.74 Å². The molecule has 0 radical (unpaired) electrons. The molecule has 0 aliphatic carbocycles. The van der Waals surface area contributed by atoms with Crippen LogP contribution in [0.25, 0.3) is 33.3 Å². The lowest BCUT2D eigenvalue weighted by Crippen LogP contribution is -2.05. The summed E-state index contributed by atoms with van der Waals surface area (Å²) in [7, 11) is 0. The van der Waals surface area contributed by atoms with Gasteiger partial charge in [0, 0.05) is 19.6 Å². The van der Waals surface area contributed by atoms with Crippen molar-refractivity contribution in [1.29, 1.82) is 0 Å². The van der Waals surface area contributed by atoms with Crippen LogP contribution in [0.2, 0.25) is 0 Å². The Hall–Kier alpha value is -3.00. The minimum absolute atomic E-state index is 0. The molecule has 1 heterocycles. The van der Waals surface area contributed by atoms with E-state index < -0.39 is 0 Å². The van der Waals surface area contributed by atoms with E-state index in [0.717, 1.165) is 28.1 Å². The number of benzene rings is 3. The van der Waals surface area contributed by atoms with Gasteiger partial charge in [0.05, 0.1) is 6.10 Å². The maximum atomic E-state index is 5.99. The molecule has 4 rings (SSSR count). The van der Waals surface area contributed by atoms with Gasteiger partial charge >= 0.3 is 0 Å². The summed E-state index contributed by atoms with van der Waals surface area (Å²) in [6.45, 7) is 6.22. The van der Waals surface area contributed by atoms with E-state index in [1.54, 1.807) is 0 Å². The van der Waals surface area contributed by atoms with Gasteiger partial charge < -0.3 is 9.72 Å². The minimum Gasteiger partial charge on any atom is -0.490 e. The number of aromatic nitrogens is 1. The van der Waals surface area contributed by atoms with Crippen LogP contribution < -0.4 is 4.74 Å². The number of rotatable bonds is 4. The summed E-state index contributed by atoms with van der Waals surface area (Å²) < 4.78 is 5.99. The fraction of sp³-hybridized carbons (Fsp3) is 0.167. The summed E-state index contributed by atoms with van der Waals surface area (Å²) in [6.07, 6.45) is 0.155. The van der Waals surface area contributed by atoms with E-state index >= 15 is 0 Å². The van der Waals surface area contributed by atoms with Crippen LogP contribution in [0.4, 0.5) is 0 Å². The molecule has 26 heavy (non-hydrogen) atoms. The number of aryl methyl sites for hydroxylation is 1. The number of hydrogen-bond acceptors (Lipinski definition) is 1. The number of fused-ring (bicyclic) bond motifs is 1. The van der Waals surface area contributed by atoms with E-state index in [1.165, 1.54) is 16.5 Å². The molecule has 134 valence electrons. The van der Waals surface area contributed by atoms with Gasteiger partial charge in [-0.05, 0) is 61.5 Å². The van der Waals surface area contributed by atoms with Gasteiger partial charge in [0.2, 0.25) is 0 Å². The average Bonchev–Trinajstić information content (AvgIpc) is 3.12. The van der Waals surface area contributed by atoms with Crippen LogP contribution in [-0.4, -0.2) is 11.1 Å². The molecule has 0 aliphatic rings.